The van der Waals surface area contributed by atoms with Crippen molar-refractivity contribution in [2.75, 3.05) is 20.8 Å². The number of methoxy groups -OCH3 is 2. The molecule has 2 aromatic rings. The molecular weight excluding hydrogens is 376 g/mol. The number of nitrogens with zero attached hydrogens (tertiary/aromatic N) is 1. The summed E-state index contributed by atoms with van der Waals surface area (Å²) in [5.41, 5.74) is 3.24. The molecule has 0 spiro atoms. The highest BCUT2D eigenvalue weighted by Gasteiger charge is 2.07. The predicted molar refractivity (Wildman–Crippen MR) is 94.9 cm³/mol. The van der Waals surface area contributed by atoms with Gasteiger partial charge in [-0.1, -0.05) is 15.9 Å². The van der Waals surface area contributed by atoms with Crippen LogP contribution in [0, 0.1) is 0 Å². The number of nitrogens with one attached hydrogen (secondary N) is 1. The van der Waals surface area contributed by atoms with Gasteiger partial charge in [-0.2, -0.15) is 5.10 Å². The Morgan fingerprint density at radius 3 is 2.54 bits per heavy atom. The van der Waals surface area contributed by atoms with Crippen LogP contribution in [0.1, 0.15) is 5.56 Å². The second kappa shape index (κ2) is 8.93. The summed E-state index contributed by atoms with van der Waals surface area (Å²) in [7, 11) is 3.14. The number of rotatable bonds is 7. The first-order chi connectivity index (χ1) is 11.6. The fourth-order valence-corrected chi connectivity index (χ4v) is 2.15. The molecule has 0 atom stereocenters. The number of halogens is 1. The highest BCUT2D eigenvalue weighted by molar-refractivity contribution is 9.10. The smallest absolute Gasteiger partial charge is 0.277 e. The van der Waals surface area contributed by atoms with E-state index >= 15 is 0 Å². The van der Waals surface area contributed by atoms with Gasteiger partial charge in [-0.15, -0.1) is 0 Å². The third-order valence-electron chi connectivity index (χ3n) is 3.00. The second-order valence-electron chi connectivity index (χ2n) is 4.65. The molecule has 0 radical (unpaired) electrons. The number of benzene rings is 2. The van der Waals surface area contributed by atoms with Crippen molar-refractivity contribution in [1.82, 2.24) is 5.43 Å². The van der Waals surface area contributed by atoms with Crippen LogP contribution in [-0.2, 0) is 4.79 Å². The Hall–Kier alpha value is -2.54. The molecule has 6 nitrogen and oxygen atoms in total. The standard InChI is InChI=1S/C17H17BrN2O4/c1-22-14-6-3-12(4-7-14)10-19-20-17(21)11-24-15-8-5-13(18)9-16(15)23-2/h3-10H,11H2,1-2H3,(H,20,21). The molecule has 0 aliphatic rings. The lowest BCUT2D eigenvalue weighted by atomic mass is 10.2. The molecular formula is C17H17BrN2O4. The molecule has 126 valence electrons. The van der Waals surface area contributed by atoms with Crippen LogP contribution in [0.25, 0.3) is 0 Å². The number of hydrazone groups is 1. The minimum absolute atomic E-state index is 0.169. The van der Waals surface area contributed by atoms with Gasteiger partial charge in [0.1, 0.15) is 5.75 Å². The molecule has 0 fully saturated rings. The molecule has 2 rings (SSSR count). The number of hydrogen-bond acceptors (Lipinski definition) is 5. The van der Waals surface area contributed by atoms with Crippen LogP contribution in [0.2, 0.25) is 0 Å². The van der Waals surface area contributed by atoms with E-state index in [9.17, 15) is 4.79 Å². The van der Waals surface area contributed by atoms with Gasteiger partial charge in [0, 0.05) is 4.47 Å². The fourth-order valence-electron chi connectivity index (χ4n) is 1.81. The lowest BCUT2D eigenvalue weighted by Crippen LogP contribution is -2.24. The molecule has 7 heteroatoms. The van der Waals surface area contributed by atoms with Crippen LogP contribution >= 0.6 is 15.9 Å². The van der Waals surface area contributed by atoms with E-state index in [1.165, 1.54) is 13.3 Å². The fraction of sp³-hybridized carbons (Fsp3) is 0.176. The van der Waals surface area contributed by atoms with E-state index in [1.807, 2.05) is 24.3 Å². The molecule has 0 heterocycles. The third-order valence-corrected chi connectivity index (χ3v) is 3.50. The average molecular weight is 393 g/mol. The van der Waals surface area contributed by atoms with Crippen molar-refractivity contribution >= 4 is 28.1 Å². The van der Waals surface area contributed by atoms with Crippen LogP contribution in [0.15, 0.2) is 52.0 Å². The van der Waals surface area contributed by atoms with Gasteiger partial charge in [0.25, 0.3) is 5.91 Å². The molecule has 0 aromatic heterocycles. The maximum absolute atomic E-state index is 11.8. The molecule has 1 N–H and O–H groups in total. The monoisotopic (exact) mass is 392 g/mol. The summed E-state index contributed by atoms with van der Waals surface area (Å²) in [5.74, 6) is 1.41. The van der Waals surface area contributed by atoms with Crippen LogP contribution < -0.4 is 19.6 Å². The first-order valence-corrected chi connectivity index (χ1v) is 7.84. The Morgan fingerprint density at radius 2 is 1.88 bits per heavy atom. The first kappa shape index (κ1) is 17.8. The van der Waals surface area contributed by atoms with E-state index in [0.717, 1.165) is 15.8 Å². The van der Waals surface area contributed by atoms with Gasteiger partial charge >= 0.3 is 0 Å². The summed E-state index contributed by atoms with van der Waals surface area (Å²) < 4.78 is 16.5. The minimum Gasteiger partial charge on any atom is -0.497 e. The molecule has 0 saturated carbocycles. The molecule has 0 bridgehead atoms. The van der Waals surface area contributed by atoms with E-state index in [2.05, 4.69) is 26.5 Å². The van der Waals surface area contributed by atoms with E-state index in [0.29, 0.717) is 11.5 Å². The maximum atomic E-state index is 11.8. The zero-order valence-corrected chi connectivity index (χ0v) is 14.9. The Balaban J connectivity index is 1.83. The quantitative estimate of drug-likeness (QED) is 0.580. The van der Waals surface area contributed by atoms with Gasteiger partial charge < -0.3 is 14.2 Å². The van der Waals surface area contributed by atoms with Crippen LogP contribution in [-0.4, -0.2) is 32.9 Å². The molecule has 0 saturated heterocycles. The molecule has 1 amide bonds. The Labute approximate surface area is 148 Å². The average Bonchev–Trinajstić information content (AvgIpc) is 2.61. The summed E-state index contributed by atoms with van der Waals surface area (Å²) in [6, 6.07) is 12.6. The number of amides is 1. The van der Waals surface area contributed by atoms with Crippen molar-refractivity contribution in [1.29, 1.82) is 0 Å². The van der Waals surface area contributed by atoms with Crippen LogP contribution in [0.4, 0.5) is 0 Å². The van der Waals surface area contributed by atoms with E-state index in [-0.39, 0.29) is 12.5 Å². The number of hydrogen-bond donors (Lipinski definition) is 1. The lowest BCUT2D eigenvalue weighted by molar-refractivity contribution is -0.123. The summed E-state index contributed by atoms with van der Waals surface area (Å²) in [5, 5.41) is 3.88. The van der Waals surface area contributed by atoms with Gasteiger partial charge in [-0.25, -0.2) is 5.43 Å². The number of ether oxygens (including phenoxy) is 3. The highest BCUT2D eigenvalue weighted by Crippen LogP contribution is 2.29. The summed E-state index contributed by atoms with van der Waals surface area (Å²) in [4.78, 5) is 11.8. The zero-order chi connectivity index (χ0) is 17.4. The van der Waals surface area contributed by atoms with Crippen LogP contribution in [0.3, 0.4) is 0 Å². The normalized spacial score (nSPS) is 10.5. The van der Waals surface area contributed by atoms with Crippen LogP contribution in [0.5, 0.6) is 17.2 Å². The summed E-state index contributed by atoms with van der Waals surface area (Å²) in [6.07, 6.45) is 1.54. The van der Waals surface area contributed by atoms with Crippen molar-refractivity contribution in [3.63, 3.8) is 0 Å². The third kappa shape index (κ3) is 5.27. The molecule has 0 aliphatic carbocycles. The molecule has 0 unspecified atom stereocenters. The van der Waals surface area contributed by atoms with Crippen molar-refractivity contribution in [3.05, 3.63) is 52.5 Å². The molecule has 24 heavy (non-hydrogen) atoms. The lowest BCUT2D eigenvalue weighted by Gasteiger charge is -2.10. The molecule has 2 aromatic carbocycles. The van der Waals surface area contributed by atoms with Crippen molar-refractivity contribution in [2.45, 2.75) is 0 Å². The summed E-state index contributed by atoms with van der Waals surface area (Å²) in [6.45, 7) is -0.169. The van der Waals surface area contributed by atoms with Crippen molar-refractivity contribution < 1.29 is 19.0 Å². The van der Waals surface area contributed by atoms with Gasteiger partial charge in [0.15, 0.2) is 18.1 Å². The Kier molecular flexibility index (Phi) is 6.62. The number of carbonyl (C=O) groups is 1. The van der Waals surface area contributed by atoms with Gasteiger partial charge in [-0.05, 0) is 48.0 Å². The maximum Gasteiger partial charge on any atom is 0.277 e. The zero-order valence-electron chi connectivity index (χ0n) is 13.3. The number of carbonyl (C=O) groups excluding carboxylic acids is 1. The predicted octanol–water partition coefficient (Wildman–Crippen LogP) is 3.00. The SMILES string of the molecule is COc1ccc(C=NNC(=O)COc2ccc(Br)cc2OC)cc1. The van der Waals surface area contributed by atoms with Crippen molar-refractivity contribution in [3.8, 4) is 17.2 Å². The van der Waals surface area contributed by atoms with E-state index in [1.54, 1.807) is 25.3 Å². The Bertz CT molecular complexity index is 717. The van der Waals surface area contributed by atoms with Crippen molar-refractivity contribution in [2.24, 2.45) is 5.10 Å². The topological polar surface area (TPSA) is 69.2 Å². The van der Waals surface area contributed by atoms with Gasteiger partial charge in [-0.3, -0.25) is 4.79 Å². The minimum atomic E-state index is -0.371. The van der Waals surface area contributed by atoms with E-state index < -0.39 is 0 Å². The van der Waals surface area contributed by atoms with E-state index in [4.69, 9.17) is 14.2 Å². The Morgan fingerprint density at radius 1 is 1.12 bits per heavy atom. The first-order valence-electron chi connectivity index (χ1n) is 7.04. The van der Waals surface area contributed by atoms with Gasteiger partial charge in [0.2, 0.25) is 0 Å². The molecule has 0 aliphatic heterocycles. The highest BCUT2D eigenvalue weighted by atomic mass is 79.9. The second-order valence-corrected chi connectivity index (χ2v) is 5.57. The summed E-state index contributed by atoms with van der Waals surface area (Å²) >= 11 is 3.34. The largest absolute Gasteiger partial charge is 0.497 e. The van der Waals surface area contributed by atoms with Gasteiger partial charge in [0.05, 0.1) is 20.4 Å².